The predicted molar refractivity (Wildman–Crippen MR) is 100 cm³/mol. The van der Waals surface area contributed by atoms with E-state index in [0.717, 1.165) is 34.9 Å². The molecule has 1 fully saturated rings. The van der Waals surface area contributed by atoms with Gasteiger partial charge >= 0.3 is 0 Å². The van der Waals surface area contributed by atoms with E-state index >= 15 is 0 Å². The lowest BCUT2D eigenvalue weighted by molar-refractivity contribution is 0.134. The normalized spacial score (nSPS) is 19.5. The molecule has 25 heavy (non-hydrogen) atoms. The van der Waals surface area contributed by atoms with Gasteiger partial charge in [-0.25, -0.2) is 4.98 Å². The topological polar surface area (TPSA) is 87.3 Å². The number of aryl methyl sites for hydroxylation is 1. The van der Waals surface area contributed by atoms with Crippen molar-refractivity contribution in [3.05, 3.63) is 40.5 Å². The first kappa shape index (κ1) is 18.3. The van der Waals surface area contributed by atoms with E-state index in [1.807, 2.05) is 19.1 Å². The molecular formula is C17H21ClN4O2S. The van der Waals surface area contributed by atoms with E-state index in [4.69, 9.17) is 22.1 Å². The highest BCUT2D eigenvalue weighted by atomic mass is 35.5. The van der Waals surface area contributed by atoms with Crippen LogP contribution in [-0.2, 0) is 15.9 Å². The number of rotatable bonds is 3. The Balaban J connectivity index is 2.05. The van der Waals surface area contributed by atoms with Crippen LogP contribution in [0, 0.1) is 6.92 Å². The van der Waals surface area contributed by atoms with Crippen molar-refractivity contribution in [2.75, 3.05) is 36.6 Å². The van der Waals surface area contributed by atoms with Gasteiger partial charge in [-0.05, 0) is 36.7 Å². The zero-order chi connectivity index (χ0) is 18.0. The second kappa shape index (κ2) is 7.78. The molecule has 0 amide bonds. The molecule has 1 aromatic carbocycles. The molecule has 1 aromatic heterocycles. The minimum atomic E-state index is -1.08. The van der Waals surface area contributed by atoms with Gasteiger partial charge in [0.25, 0.3) is 0 Å². The van der Waals surface area contributed by atoms with E-state index in [-0.39, 0.29) is 12.0 Å². The molecule has 1 saturated heterocycles. The van der Waals surface area contributed by atoms with Crippen molar-refractivity contribution >= 4 is 34.5 Å². The lowest BCUT2D eigenvalue weighted by Crippen LogP contribution is -2.32. The SMILES string of the molecule is Cc1cc(N2CCCOC[C@H]2c2cc([S@+](C)[O-])ccc2Cl)nc(N)n1. The van der Waals surface area contributed by atoms with Gasteiger partial charge in [0.15, 0.2) is 4.90 Å². The summed E-state index contributed by atoms with van der Waals surface area (Å²) in [4.78, 5) is 11.4. The molecule has 2 aromatic rings. The molecule has 134 valence electrons. The van der Waals surface area contributed by atoms with Gasteiger partial charge in [-0.15, -0.1) is 0 Å². The molecule has 0 aliphatic carbocycles. The fraction of sp³-hybridized carbons (Fsp3) is 0.412. The van der Waals surface area contributed by atoms with Gasteiger partial charge < -0.3 is 19.9 Å². The zero-order valence-corrected chi connectivity index (χ0v) is 15.8. The Hall–Kier alpha value is -1.54. The first-order chi connectivity index (χ1) is 12.0. The number of ether oxygens (including phenoxy) is 1. The molecule has 0 unspecified atom stereocenters. The number of hydrogen-bond donors (Lipinski definition) is 1. The summed E-state index contributed by atoms with van der Waals surface area (Å²) >= 11 is 5.38. The number of aromatic nitrogens is 2. The lowest BCUT2D eigenvalue weighted by Gasteiger charge is -2.31. The van der Waals surface area contributed by atoms with Gasteiger partial charge in [-0.3, -0.25) is 0 Å². The molecule has 2 atom stereocenters. The smallest absolute Gasteiger partial charge is 0.222 e. The summed E-state index contributed by atoms with van der Waals surface area (Å²) in [7, 11) is 0. The highest BCUT2D eigenvalue weighted by molar-refractivity contribution is 7.90. The van der Waals surface area contributed by atoms with Crippen molar-refractivity contribution in [2.24, 2.45) is 0 Å². The molecule has 0 saturated carbocycles. The summed E-state index contributed by atoms with van der Waals surface area (Å²) in [5.41, 5.74) is 7.52. The first-order valence-electron chi connectivity index (χ1n) is 8.04. The van der Waals surface area contributed by atoms with Crippen molar-refractivity contribution in [2.45, 2.75) is 24.3 Å². The maximum atomic E-state index is 11.9. The quantitative estimate of drug-likeness (QED) is 0.824. The summed E-state index contributed by atoms with van der Waals surface area (Å²) in [5.74, 6) is 0.994. The van der Waals surface area contributed by atoms with E-state index < -0.39 is 11.2 Å². The van der Waals surface area contributed by atoms with Crippen LogP contribution in [0.15, 0.2) is 29.2 Å². The average molecular weight is 381 g/mol. The average Bonchev–Trinajstić information content (AvgIpc) is 2.80. The molecule has 0 bridgehead atoms. The van der Waals surface area contributed by atoms with Crippen molar-refractivity contribution < 1.29 is 9.29 Å². The van der Waals surface area contributed by atoms with Crippen LogP contribution in [0.3, 0.4) is 0 Å². The second-order valence-corrected chi connectivity index (χ2v) is 7.79. The van der Waals surface area contributed by atoms with Crippen LogP contribution >= 0.6 is 11.6 Å². The summed E-state index contributed by atoms with van der Waals surface area (Å²) in [6.45, 7) is 3.79. The van der Waals surface area contributed by atoms with Crippen LogP contribution in [0.5, 0.6) is 0 Å². The molecule has 3 rings (SSSR count). The number of hydrogen-bond acceptors (Lipinski definition) is 6. The Morgan fingerprint density at radius 3 is 2.88 bits per heavy atom. The minimum Gasteiger partial charge on any atom is -0.612 e. The molecule has 2 heterocycles. The Morgan fingerprint density at radius 1 is 1.36 bits per heavy atom. The number of nitrogen functional groups attached to an aromatic ring is 1. The van der Waals surface area contributed by atoms with E-state index in [9.17, 15) is 4.55 Å². The van der Waals surface area contributed by atoms with Gasteiger partial charge in [0, 0.05) is 41.6 Å². The number of halogens is 1. The fourth-order valence-corrected chi connectivity index (χ4v) is 3.78. The minimum absolute atomic E-state index is 0.132. The summed E-state index contributed by atoms with van der Waals surface area (Å²) < 4.78 is 17.7. The lowest BCUT2D eigenvalue weighted by atomic mass is 10.1. The summed E-state index contributed by atoms with van der Waals surface area (Å²) in [5, 5.41) is 0.619. The van der Waals surface area contributed by atoms with Crippen molar-refractivity contribution in [3.8, 4) is 0 Å². The van der Waals surface area contributed by atoms with Crippen LogP contribution in [-0.4, -0.2) is 40.5 Å². The summed E-state index contributed by atoms with van der Waals surface area (Å²) in [6.07, 6.45) is 2.53. The van der Waals surface area contributed by atoms with Gasteiger partial charge in [0.2, 0.25) is 5.95 Å². The maximum Gasteiger partial charge on any atom is 0.222 e. The van der Waals surface area contributed by atoms with E-state index in [1.165, 1.54) is 0 Å². The maximum absolute atomic E-state index is 11.9. The van der Waals surface area contributed by atoms with Crippen LogP contribution in [0.4, 0.5) is 11.8 Å². The fourth-order valence-electron chi connectivity index (χ4n) is 2.99. The van der Waals surface area contributed by atoms with Gasteiger partial charge in [-0.2, -0.15) is 4.98 Å². The van der Waals surface area contributed by atoms with Crippen LogP contribution in [0.25, 0.3) is 0 Å². The van der Waals surface area contributed by atoms with E-state index in [0.29, 0.717) is 18.2 Å². The van der Waals surface area contributed by atoms with Crippen molar-refractivity contribution in [1.29, 1.82) is 0 Å². The Kier molecular flexibility index (Phi) is 5.68. The summed E-state index contributed by atoms with van der Waals surface area (Å²) in [6, 6.07) is 7.24. The number of nitrogens with two attached hydrogens (primary N) is 1. The van der Waals surface area contributed by atoms with Gasteiger partial charge in [-0.1, -0.05) is 11.6 Å². The molecule has 8 heteroatoms. The molecule has 6 nitrogen and oxygen atoms in total. The largest absolute Gasteiger partial charge is 0.612 e. The Bertz CT molecular complexity index is 739. The van der Waals surface area contributed by atoms with Crippen LogP contribution < -0.4 is 10.6 Å². The molecule has 0 spiro atoms. The highest BCUT2D eigenvalue weighted by Crippen LogP contribution is 2.34. The first-order valence-corrected chi connectivity index (χ1v) is 9.97. The molecule has 1 aliphatic rings. The van der Waals surface area contributed by atoms with E-state index in [1.54, 1.807) is 18.4 Å². The highest BCUT2D eigenvalue weighted by Gasteiger charge is 2.28. The van der Waals surface area contributed by atoms with Crippen molar-refractivity contribution in [3.63, 3.8) is 0 Å². The third-order valence-electron chi connectivity index (χ3n) is 4.15. The molecule has 0 radical (unpaired) electrons. The van der Waals surface area contributed by atoms with Crippen LogP contribution in [0.2, 0.25) is 5.02 Å². The van der Waals surface area contributed by atoms with Crippen molar-refractivity contribution in [1.82, 2.24) is 9.97 Å². The van der Waals surface area contributed by atoms with Crippen LogP contribution in [0.1, 0.15) is 23.7 Å². The molecule has 1 aliphatic heterocycles. The van der Waals surface area contributed by atoms with Gasteiger partial charge in [0.1, 0.15) is 12.1 Å². The van der Waals surface area contributed by atoms with Gasteiger partial charge in [0.05, 0.1) is 12.6 Å². The number of benzene rings is 1. The predicted octanol–water partition coefficient (Wildman–Crippen LogP) is 2.73. The molecule has 2 N–H and O–H groups in total. The Labute approximate surface area is 155 Å². The second-order valence-electron chi connectivity index (χ2n) is 6.00. The third kappa shape index (κ3) is 4.17. The monoisotopic (exact) mass is 380 g/mol. The number of anilines is 2. The third-order valence-corrected chi connectivity index (χ3v) is 5.41. The zero-order valence-electron chi connectivity index (χ0n) is 14.2. The Morgan fingerprint density at radius 2 is 2.16 bits per heavy atom. The van der Waals surface area contributed by atoms with E-state index in [2.05, 4.69) is 14.9 Å². The molecular weight excluding hydrogens is 360 g/mol. The number of nitrogens with zero attached hydrogens (tertiary/aromatic N) is 3. The standard InChI is InChI=1S/C17H21ClN4O2S/c1-11-8-16(21-17(19)20-11)22-6-3-7-24-10-15(22)13-9-12(25(2)23)4-5-14(13)18/h4-5,8-9,15H,3,6-7,10H2,1-2H3,(H2,19,20,21)/t15-,25-/m0/s1.